The molecule has 2 aromatic rings. The first-order chi connectivity index (χ1) is 10.3. The van der Waals surface area contributed by atoms with Crippen molar-refractivity contribution in [2.45, 2.75) is 32.5 Å². The van der Waals surface area contributed by atoms with Gasteiger partial charge < -0.3 is 4.74 Å². The van der Waals surface area contributed by atoms with Gasteiger partial charge in [0.2, 0.25) is 0 Å². The van der Waals surface area contributed by atoms with Gasteiger partial charge in [0.25, 0.3) is 0 Å². The summed E-state index contributed by atoms with van der Waals surface area (Å²) in [6.45, 7) is 6.25. The highest BCUT2D eigenvalue weighted by Gasteiger charge is 2.30. The zero-order chi connectivity index (χ0) is 14.7. The van der Waals surface area contributed by atoms with Crippen LogP contribution in [0.3, 0.4) is 0 Å². The molecular formula is C15H21N5O. The number of methoxy groups -OCH3 is 1. The second-order valence-electron chi connectivity index (χ2n) is 5.38. The molecule has 21 heavy (non-hydrogen) atoms. The summed E-state index contributed by atoms with van der Waals surface area (Å²) in [6, 6.07) is 6.03. The number of nitrogens with zero attached hydrogens (tertiary/aromatic N) is 5. The predicted molar refractivity (Wildman–Crippen MR) is 78.7 cm³/mol. The number of hydrogen-bond acceptors (Lipinski definition) is 5. The van der Waals surface area contributed by atoms with Crippen molar-refractivity contribution in [2.75, 3.05) is 20.3 Å². The van der Waals surface area contributed by atoms with Gasteiger partial charge >= 0.3 is 0 Å². The second-order valence-corrected chi connectivity index (χ2v) is 5.38. The maximum absolute atomic E-state index is 5.39. The number of aryl methyl sites for hydroxylation is 1. The molecule has 1 aliphatic heterocycles. The molecule has 0 fully saturated rings. The smallest absolute Gasteiger partial charge is 0.100 e. The number of hydrogen-bond donors (Lipinski definition) is 0. The van der Waals surface area contributed by atoms with Gasteiger partial charge in [-0.2, -0.15) is 0 Å². The molecule has 6 nitrogen and oxygen atoms in total. The van der Waals surface area contributed by atoms with Crippen LogP contribution < -0.4 is 0 Å². The first-order valence-electron chi connectivity index (χ1n) is 7.35. The highest BCUT2D eigenvalue weighted by molar-refractivity contribution is 5.20. The van der Waals surface area contributed by atoms with Gasteiger partial charge in [-0.15, -0.1) is 5.10 Å². The van der Waals surface area contributed by atoms with Crippen LogP contribution in [0.2, 0.25) is 0 Å². The lowest BCUT2D eigenvalue weighted by molar-refractivity contribution is 0.131. The maximum atomic E-state index is 5.39. The number of fused-ring (bicyclic) bond motifs is 1. The molecule has 0 aliphatic carbocycles. The third-order valence-electron chi connectivity index (χ3n) is 3.86. The Kier molecular flexibility index (Phi) is 4.26. The maximum Gasteiger partial charge on any atom is 0.100 e. The van der Waals surface area contributed by atoms with E-state index in [-0.39, 0.29) is 0 Å². The first kappa shape index (κ1) is 14.2. The summed E-state index contributed by atoms with van der Waals surface area (Å²) < 4.78 is 7.39. The molecule has 0 spiro atoms. The second kappa shape index (κ2) is 6.32. The molecular weight excluding hydrogens is 266 g/mol. The third-order valence-corrected chi connectivity index (χ3v) is 3.86. The summed E-state index contributed by atoms with van der Waals surface area (Å²) >= 11 is 0. The van der Waals surface area contributed by atoms with Crippen molar-refractivity contribution in [3.8, 4) is 0 Å². The Bertz CT molecular complexity index is 583. The third kappa shape index (κ3) is 2.96. The average Bonchev–Trinajstić information content (AvgIpc) is 2.92. The van der Waals surface area contributed by atoms with Gasteiger partial charge in [0, 0.05) is 45.4 Å². The fraction of sp³-hybridized carbons (Fsp3) is 0.533. The normalized spacial score (nSPS) is 18.7. The summed E-state index contributed by atoms with van der Waals surface area (Å²) in [5.74, 6) is 0.317. The average molecular weight is 287 g/mol. The molecule has 112 valence electrons. The van der Waals surface area contributed by atoms with E-state index >= 15 is 0 Å². The summed E-state index contributed by atoms with van der Waals surface area (Å²) in [5, 5.41) is 8.61. The van der Waals surface area contributed by atoms with Gasteiger partial charge in [0.1, 0.15) is 5.69 Å². The highest BCUT2D eigenvalue weighted by atomic mass is 16.5. The minimum atomic E-state index is 0.317. The van der Waals surface area contributed by atoms with Gasteiger partial charge in [-0.05, 0) is 19.1 Å². The highest BCUT2D eigenvalue weighted by Crippen LogP contribution is 2.27. The van der Waals surface area contributed by atoms with E-state index in [9.17, 15) is 0 Å². The molecule has 0 bridgehead atoms. The minimum absolute atomic E-state index is 0.317. The lowest BCUT2D eigenvalue weighted by Crippen LogP contribution is -2.36. The molecule has 1 aliphatic rings. The molecule has 3 rings (SSSR count). The van der Waals surface area contributed by atoms with Crippen molar-refractivity contribution in [1.82, 2.24) is 24.9 Å². The van der Waals surface area contributed by atoms with Gasteiger partial charge in [-0.25, -0.2) is 4.68 Å². The quantitative estimate of drug-likeness (QED) is 0.833. The summed E-state index contributed by atoms with van der Waals surface area (Å²) in [7, 11) is 1.75. The monoisotopic (exact) mass is 287 g/mol. The summed E-state index contributed by atoms with van der Waals surface area (Å²) in [5.41, 5.74) is 3.39. The number of ether oxygens (including phenoxy) is 1. The molecule has 2 aromatic heterocycles. The molecule has 0 N–H and O–H groups in total. The van der Waals surface area contributed by atoms with Crippen molar-refractivity contribution < 1.29 is 4.74 Å². The standard InChI is InChI=1S/C15H21N5O/c1-3-20-15-12(11-21-2)8-19(10-14(15)17-18-20)9-13-6-4-5-7-16-13/h4-7,12H,3,8-11H2,1-2H3/t12-/m1/s1. The predicted octanol–water partition coefficient (Wildman–Crippen LogP) is 1.44. The Morgan fingerprint density at radius 2 is 2.29 bits per heavy atom. The Morgan fingerprint density at radius 1 is 1.38 bits per heavy atom. The van der Waals surface area contributed by atoms with E-state index in [0.29, 0.717) is 12.5 Å². The van der Waals surface area contributed by atoms with Crippen molar-refractivity contribution >= 4 is 0 Å². The fourth-order valence-corrected chi connectivity index (χ4v) is 3.00. The lowest BCUT2D eigenvalue weighted by Gasteiger charge is -2.31. The zero-order valence-corrected chi connectivity index (χ0v) is 12.6. The Hall–Kier alpha value is -1.79. The van der Waals surface area contributed by atoms with Gasteiger partial charge in [-0.3, -0.25) is 9.88 Å². The van der Waals surface area contributed by atoms with Crippen LogP contribution in [0.25, 0.3) is 0 Å². The van der Waals surface area contributed by atoms with Crippen molar-refractivity contribution in [2.24, 2.45) is 0 Å². The molecule has 0 saturated carbocycles. The van der Waals surface area contributed by atoms with Crippen LogP contribution in [-0.4, -0.2) is 45.1 Å². The van der Waals surface area contributed by atoms with E-state index in [2.05, 4.69) is 33.2 Å². The first-order valence-corrected chi connectivity index (χ1v) is 7.35. The van der Waals surface area contributed by atoms with E-state index in [1.54, 1.807) is 7.11 Å². The van der Waals surface area contributed by atoms with Crippen LogP contribution in [0.4, 0.5) is 0 Å². The fourth-order valence-electron chi connectivity index (χ4n) is 3.00. The Morgan fingerprint density at radius 3 is 3.00 bits per heavy atom. The molecule has 0 amide bonds. The SMILES string of the molecule is CCn1nnc2c1[C@@H](COC)CN(Cc1ccccn1)C2. The topological polar surface area (TPSA) is 56.1 Å². The number of aromatic nitrogens is 4. The van der Waals surface area contributed by atoms with E-state index in [1.165, 1.54) is 5.69 Å². The van der Waals surface area contributed by atoms with Crippen molar-refractivity contribution in [3.63, 3.8) is 0 Å². The van der Waals surface area contributed by atoms with Crippen LogP contribution in [0.5, 0.6) is 0 Å². The molecule has 1 atom stereocenters. The number of rotatable bonds is 5. The zero-order valence-electron chi connectivity index (χ0n) is 12.6. The van der Waals surface area contributed by atoms with Crippen molar-refractivity contribution in [1.29, 1.82) is 0 Å². The van der Waals surface area contributed by atoms with Crippen molar-refractivity contribution in [3.05, 3.63) is 41.5 Å². The van der Waals surface area contributed by atoms with Crippen LogP contribution in [-0.2, 0) is 24.4 Å². The summed E-state index contributed by atoms with van der Waals surface area (Å²) in [4.78, 5) is 6.77. The van der Waals surface area contributed by atoms with Crippen LogP contribution in [0.15, 0.2) is 24.4 Å². The lowest BCUT2D eigenvalue weighted by atomic mass is 9.98. The van der Waals surface area contributed by atoms with Gasteiger partial charge in [0.15, 0.2) is 0 Å². The molecule has 0 saturated heterocycles. The largest absolute Gasteiger partial charge is 0.384 e. The molecule has 6 heteroatoms. The molecule has 3 heterocycles. The molecule has 0 radical (unpaired) electrons. The Labute approximate surface area is 124 Å². The Balaban J connectivity index is 1.81. The van der Waals surface area contributed by atoms with Crippen LogP contribution in [0.1, 0.15) is 29.9 Å². The minimum Gasteiger partial charge on any atom is -0.384 e. The number of pyridine rings is 1. The van der Waals surface area contributed by atoms with Crippen LogP contribution in [0, 0.1) is 0 Å². The van der Waals surface area contributed by atoms with E-state index in [0.717, 1.165) is 37.6 Å². The molecule has 0 aromatic carbocycles. The van der Waals surface area contributed by atoms with E-state index in [1.807, 2.05) is 23.0 Å². The molecule has 0 unspecified atom stereocenters. The summed E-state index contributed by atoms with van der Waals surface area (Å²) in [6.07, 6.45) is 1.84. The van der Waals surface area contributed by atoms with Crippen LogP contribution >= 0.6 is 0 Å². The van der Waals surface area contributed by atoms with Gasteiger partial charge in [-0.1, -0.05) is 11.3 Å². The van der Waals surface area contributed by atoms with Gasteiger partial charge in [0.05, 0.1) is 18.0 Å². The van der Waals surface area contributed by atoms with E-state index in [4.69, 9.17) is 4.74 Å². The van der Waals surface area contributed by atoms with E-state index < -0.39 is 0 Å².